The van der Waals surface area contributed by atoms with E-state index in [1.54, 1.807) is 18.4 Å². The van der Waals surface area contributed by atoms with E-state index in [9.17, 15) is 0 Å². The molecule has 1 N–H and O–H groups in total. The van der Waals surface area contributed by atoms with Crippen molar-refractivity contribution in [3.05, 3.63) is 49.6 Å². The van der Waals surface area contributed by atoms with Crippen LogP contribution in [0, 0.1) is 0 Å². The van der Waals surface area contributed by atoms with Gasteiger partial charge in [-0.05, 0) is 57.7 Å². The quantitative estimate of drug-likeness (QED) is 0.881. The van der Waals surface area contributed by atoms with Crippen LogP contribution in [0.2, 0.25) is 5.02 Å². The van der Waals surface area contributed by atoms with Gasteiger partial charge >= 0.3 is 0 Å². The van der Waals surface area contributed by atoms with Crippen LogP contribution in [-0.4, -0.2) is 14.2 Å². The minimum atomic E-state index is 0.135. The zero-order chi connectivity index (χ0) is 13.1. The van der Waals surface area contributed by atoms with Crippen LogP contribution in [0.5, 0.6) is 5.75 Å². The number of ether oxygens (including phenoxy) is 1. The number of methoxy groups -OCH3 is 1. The average molecular weight is 347 g/mol. The summed E-state index contributed by atoms with van der Waals surface area (Å²) in [4.78, 5) is 0. The lowest BCUT2D eigenvalue weighted by Crippen LogP contribution is -2.16. The molecule has 1 heterocycles. The number of hydrogen-bond acceptors (Lipinski definition) is 3. The predicted molar refractivity (Wildman–Crippen MR) is 80.9 cm³/mol. The lowest BCUT2D eigenvalue weighted by Gasteiger charge is -2.16. The monoisotopic (exact) mass is 345 g/mol. The van der Waals surface area contributed by atoms with Crippen LogP contribution in [-0.2, 0) is 0 Å². The Hall–Kier alpha value is -0.550. The first-order valence-corrected chi connectivity index (χ1v) is 7.45. The van der Waals surface area contributed by atoms with Gasteiger partial charge in [0.05, 0.1) is 22.0 Å². The Morgan fingerprint density at radius 3 is 2.61 bits per heavy atom. The van der Waals surface area contributed by atoms with Crippen molar-refractivity contribution >= 4 is 38.9 Å². The van der Waals surface area contributed by atoms with Gasteiger partial charge in [-0.3, -0.25) is 0 Å². The van der Waals surface area contributed by atoms with E-state index >= 15 is 0 Å². The number of halogens is 2. The summed E-state index contributed by atoms with van der Waals surface area (Å²) < 4.78 is 6.29. The fourth-order valence-corrected chi connectivity index (χ4v) is 3.33. The van der Waals surface area contributed by atoms with Gasteiger partial charge in [-0.2, -0.15) is 0 Å². The normalized spacial score (nSPS) is 12.4. The summed E-state index contributed by atoms with van der Waals surface area (Å²) in [6.07, 6.45) is 0. The first kappa shape index (κ1) is 13.9. The van der Waals surface area contributed by atoms with Crippen LogP contribution in [0.4, 0.5) is 0 Å². The molecule has 0 saturated heterocycles. The van der Waals surface area contributed by atoms with Gasteiger partial charge < -0.3 is 10.1 Å². The molecular formula is C13H13BrClNOS. The number of thiophene rings is 1. The van der Waals surface area contributed by atoms with E-state index in [1.807, 2.05) is 25.2 Å². The van der Waals surface area contributed by atoms with E-state index in [1.165, 1.54) is 5.56 Å². The minimum Gasteiger partial charge on any atom is -0.495 e. The molecule has 1 atom stereocenters. The van der Waals surface area contributed by atoms with Gasteiger partial charge in [-0.1, -0.05) is 17.7 Å². The molecule has 2 rings (SSSR count). The highest BCUT2D eigenvalue weighted by atomic mass is 79.9. The molecule has 0 aliphatic carbocycles. The fourth-order valence-electron chi connectivity index (χ4n) is 1.86. The van der Waals surface area contributed by atoms with Crippen molar-refractivity contribution < 1.29 is 4.74 Å². The van der Waals surface area contributed by atoms with E-state index in [0.717, 1.165) is 9.35 Å². The molecule has 2 nitrogen and oxygen atoms in total. The fraction of sp³-hybridized carbons (Fsp3) is 0.231. The highest BCUT2D eigenvalue weighted by Crippen LogP contribution is 2.32. The van der Waals surface area contributed by atoms with Crippen LogP contribution >= 0.6 is 38.9 Å². The Morgan fingerprint density at radius 2 is 2.11 bits per heavy atom. The van der Waals surface area contributed by atoms with Crippen molar-refractivity contribution in [3.8, 4) is 5.75 Å². The molecule has 1 unspecified atom stereocenters. The van der Waals surface area contributed by atoms with Crippen LogP contribution in [0.1, 0.15) is 17.2 Å². The van der Waals surface area contributed by atoms with Crippen molar-refractivity contribution in [3.63, 3.8) is 0 Å². The Balaban J connectivity index is 2.36. The largest absolute Gasteiger partial charge is 0.495 e. The maximum absolute atomic E-state index is 6.16. The number of hydrogen-bond donors (Lipinski definition) is 1. The second-order valence-corrected chi connectivity index (χ2v) is 6.50. The molecule has 0 fully saturated rings. The molecule has 2 aromatic rings. The molecule has 0 radical (unpaired) electrons. The van der Waals surface area contributed by atoms with Gasteiger partial charge in [0.25, 0.3) is 0 Å². The van der Waals surface area contributed by atoms with E-state index in [2.05, 4.69) is 32.7 Å². The first-order valence-electron chi connectivity index (χ1n) is 5.40. The van der Waals surface area contributed by atoms with E-state index in [4.69, 9.17) is 16.3 Å². The molecule has 0 bridgehead atoms. The number of rotatable bonds is 4. The Labute approximate surface area is 124 Å². The molecule has 0 spiro atoms. The number of benzene rings is 1. The Kier molecular flexibility index (Phi) is 4.67. The zero-order valence-corrected chi connectivity index (χ0v) is 13.2. The zero-order valence-electron chi connectivity index (χ0n) is 10.0. The van der Waals surface area contributed by atoms with Gasteiger partial charge in [0.15, 0.2) is 0 Å². The average Bonchev–Trinajstić information content (AvgIpc) is 2.77. The predicted octanol–water partition coefficient (Wildman–Crippen LogP) is 4.48. The molecule has 0 aliphatic heterocycles. The molecule has 0 aliphatic rings. The molecule has 1 aromatic carbocycles. The Morgan fingerprint density at radius 1 is 1.33 bits per heavy atom. The lowest BCUT2D eigenvalue weighted by molar-refractivity contribution is 0.414. The maximum atomic E-state index is 6.16. The van der Waals surface area contributed by atoms with E-state index in [-0.39, 0.29) is 6.04 Å². The third-order valence-electron chi connectivity index (χ3n) is 2.72. The van der Waals surface area contributed by atoms with Gasteiger partial charge in [-0.25, -0.2) is 0 Å². The van der Waals surface area contributed by atoms with Crippen molar-refractivity contribution in [1.82, 2.24) is 5.32 Å². The SMILES string of the molecule is CNC(c1csc(Br)c1)c1ccc(OC)c(Cl)c1. The summed E-state index contributed by atoms with van der Waals surface area (Å²) in [6, 6.07) is 8.11. The molecule has 96 valence electrons. The third-order valence-corrected chi connectivity index (χ3v) is 4.54. The minimum absolute atomic E-state index is 0.135. The van der Waals surface area contributed by atoms with Crippen molar-refractivity contribution in [2.24, 2.45) is 0 Å². The summed E-state index contributed by atoms with van der Waals surface area (Å²) in [5.41, 5.74) is 2.34. The van der Waals surface area contributed by atoms with E-state index in [0.29, 0.717) is 10.8 Å². The van der Waals surface area contributed by atoms with Crippen LogP contribution < -0.4 is 10.1 Å². The summed E-state index contributed by atoms with van der Waals surface area (Å²) in [7, 11) is 3.56. The topological polar surface area (TPSA) is 21.3 Å². The summed E-state index contributed by atoms with van der Waals surface area (Å²) in [5, 5.41) is 6.06. The van der Waals surface area contributed by atoms with Gasteiger partial charge in [0, 0.05) is 0 Å². The summed E-state index contributed by atoms with van der Waals surface area (Å²) >= 11 is 11.3. The van der Waals surface area contributed by atoms with Crippen LogP contribution in [0.15, 0.2) is 33.4 Å². The van der Waals surface area contributed by atoms with E-state index < -0.39 is 0 Å². The maximum Gasteiger partial charge on any atom is 0.137 e. The third kappa shape index (κ3) is 2.88. The summed E-state index contributed by atoms with van der Waals surface area (Å²) in [5.74, 6) is 0.696. The molecular weight excluding hydrogens is 334 g/mol. The smallest absolute Gasteiger partial charge is 0.137 e. The van der Waals surface area contributed by atoms with Crippen LogP contribution in [0.3, 0.4) is 0 Å². The first-order chi connectivity index (χ1) is 8.65. The molecule has 0 saturated carbocycles. The Bertz CT molecular complexity index is 544. The molecule has 5 heteroatoms. The lowest BCUT2D eigenvalue weighted by atomic mass is 10.0. The molecule has 0 amide bonds. The number of nitrogens with one attached hydrogen (secondary N) is 1. The standard InChI is InChI=1S/C13H13BrClNOS/c1-16-13(9-6-12(14)18-7-9)8-3-4-11(17-2)10(15)5-8/h3-7,13,16H,1-2H3. The van der Waals surface area contributed by atoms with Gasteiger partial charge in [0.1, 0.15) is 5.75 Å². The van der Waals surface area contributed by atoms with Crippen LogP contribution in [0.25, 0.3) is 0 Å². The highest BCUT2D eigenvalue weighted by molar-refractivity contribution is 9.11. The molecule has 1 aromatic heterocycles. The van der Waals surface area contributed by atoms with Crippen molar-refractivity contribution in [1.29, 1.82) is 0 Å². The second kappa shape index (κ2) is 6.06. The molecule has 18 heavy (non-hydrogen) atoms. The highest BCUT2D eigenvalue weighted by Gasteiger charge is 2.15. The van der Waals surface area contributed by atoms with Crippen molar-refractivity contribution in [2.45, 2.75) is 6.04 Å². The van der Waals surface area contributed by atoms with Gasteiger partial charge in [0.2, 0.25) is 0 Å². The van der Waals surface area contributed by atoms with Crippen molar-refractivity contribution in [2.75, 3.05) is 14.2 Å². The van der Waals surface area contributed by atoms with Gasteiger partial charge in [-0.15, -0.1) is 11.3 Å². The second-order valence-electron chi connectivity index (χ2n) is 3.80. The summed E-state index contributed by atoms with van der Waals surface area (Å²) in [6.45, 7) is 0.